The molecule has 3 aromatic rings. The van der Waals surface area contributed by atoms with E-state index in [4.69, 9.17) is 4.74 Å². The molecule has 150 valence electrons. The number of halogens is 1. The van der Waals surface area contributed by atoms with E-state index in [2.05, 4.69) is 4.98 Å². The smallest absolute Gasteiger partial charge is 0.409 e. The van der Waals surface area contributed by atoms with Crippen LogP contribution in [0, 0.1) is 5.82 Å². The van der Waals surface area contributed by atoms with Crippen LogP contribution in [-0.4, -0.2) is 52.9 Å². The maximum absolute atomic E-state index is 14.0. The minimum absolute atomic E-state index is 0.122. The second-order valence-corrected chi connectivity index (χ2v) is 7.06. The molecule has 2 heterocycles. The van der Waals surface area contributed by atoms with E-state index in [1.165, 1.54) is 18.1 Å². The summed E-state index contributed by atoms with van der Waals surface area (Å²) in [4.78, 5) is 28.6. The van der Waals surface area contributed by atoms with Gasteiger partial charge in [0, 0.05) is 30.2 Å². The van der Waals surface area contributed by atoms with E-state index in [1.54, 1.807) is 7.05 Å². The van der Waals surface area contributed by atoms with Crippen LogP contribution in [0.1, 0.15) is 21.5 Å². The van der Waals surface area contributed by atoms with Crippen molar-refractivity contribution < 1.29 is 23.9 Å². The van der Waals surface area contributed by atoms with Gasteiger partial charge in [-0.25, -0.2) is 14.2 Å². The zero-order valence-electron chi connectivity index (χ0n) is 16.0. The number of methoxy groups -OCH3 is 1. The van der Waals surface area contributed by atoms with Crippen LogP contribution in [-0.2, 0) is 17.7 Å². The monoisotopic (exact) mass is 397 g/mol. The van der Waals surface area contributed by atoms with E-state index in [1.807, 2.05) is 24.3 Å². The molecular formula is C21H20FN3O4. The molecule has 1 aliphatic heterocycles. The number of aromatic nitrogens is 1. The van der Waals surface area contributed by atoms with Gasteiger partial charge >= 0.3 is 6.09 Å². The lowest BCUT2D eigenvalue weighted by molar-refractivity contribution is -0.0564. The molecule has 0 unspecified atom stereocenters. The Bertz CT molecular complexity index is 1110. The molecule has 0 saturated heterocycles. The summed E-state index contributed by atoms with van der Waals surface area (Å²) in [6.45, 7) is 0.521. The molecule has 2 aromatic carbocycles. The molecule has 1 aromatic heterocycles. The molecule has 0 saturated carbocycles. The van der Waals surface area contributed by atoms with Crippen molar-refractivity contribution in [1.82, 2.24) is 14.9 Å². The molecular weight excluding hydrogens is 377 g/mol. The number of carbonyl (C=O) groups excluding carboxylic acids is 2. The second-order valence-electron chi connectivity index (χ2n) is 7.06. The predicted molar refractivity (Wildman–Crippen MR) is 104 cm³/mol. The number of ether oxygens (including phenoxy) is 1. The number of nitrogens with one attached hydrogen (secondary N) is 1. The van der Waals surface area contributed by atoms with Crippen molar-refractivity contribution >= 4 is 22.9 Å². The Labute approximate surface area is 166 Å². The first-order valence-corrected chi connectivity index (χ1v) is 9.12. The number of nitrogens with zero attached hydrogens (tertiary/aromatic N) is 2. The molecule has 2 N–H and O–H groups in total. The molecule has 4 rings (SSSR count). The van der Waals surface area contributed by atoms with Crippen LogP contribution in [0.4, 0.5) is 9.18 Å². The lowest BCUT2D eigenvalue weighted by Crippen LogP contribution is -2.28. The van der Waals surface area contributed by atoms with Gasteiger partial charge in [-0.2, -0.15) is 0 Å². The van der Waals surface area contributed by atoms with E-state index in [9.17, 15) is 19.2 Å². The fraction of sp³-hybridized carbons (Fsp3) is 0.238. The average Bonchev–Trinajstić information content (AvgIpc) is 3.02. The van der Waals surface area contributed by atoms with Crippen LogP contribution in [0.25, 0.3) is 22.2 Å². The maximum atomic E-state index is 14.0. The lowest BCUT2D eigenvalue weighted by Gasteiger charge is -2.15. The number of amides is 2. The third kappa shape index (κ3) is 3.31. The van der Waals surface area contributed by atoms with Gasteiger partial charge in [0.15, 0.2) is 0 Å². The maximum Gasteiger partial charge on any atom is 0.409 e. The molecule has 0 bridgehead atoms. The van der Waals surface area contributed by atoms with E-state index in [-0.39, 0.29) is 12.1 Å². The topological polar surface area (TPSA) is 85.9 Å². The van der Waals surface area contributed by atoms with Gasteiger partial charge in [-0.05, 0) is 35.2 Å². The lowest BCUT2D eigenvalue weighted by atomic mass is 9.99. The van der Waals surface area contributed by atoms with Crippen LogP contribution in [0.5, 0.6) is 0 Å². The van der Waals surface area contributed by atoms with E-state index >= 15 is 0 Å². The first-order valence-electron chi connectivity index (χ1n) is 9.12. The molecule has 29 heavy (non-hydrogen) atoms. The highest BCUT2D eigenvalue weighted by Gasteiger charge is 2.27. The number of hydroxylamine groups is 2. The van der Waals surface area contributed by atoms with Gasteiger partial charge in [0.05, 0.1) is 19.2 Å². The minimum atomic E-state index is -0.611. The van der Waals surface area contributed by atoms with E-state index in [0.717, 1.165) is 28.5 Å². The molecule has 0 atom stereocenters. The molecule has 0 spiro atoms. The summed E-state index contributed by atoms with van der Waals surface area (Å²) in [5.41, 5.74) is 4.09. The number of H-pyrrole nitrogens is 1. The summed E-state index contributed by atoms with van der Waals surface area (Å²) >= 11 is 0. The Hall–Kier alpha value is -3.39. The van der Waals surface area contributed by atoms with Crippen molar-refractivity contribution in [3.63, 3.8) is 0 Å². The van der Waals surface area contributed by atoms with Crippen molar-refractivity contribution in [2.75, 3.05) is 20.7 Å². The van der Waals surface area contributed by atoms with Crippen LogP contribution in [0.15, 0.2) is 36.4 Å². The highest BCUT2D eigenvalue weighted by atomic mass is 19.1. The first-order chi connectivity index (χ1) is 13.9. The molecule has 0 aliphatic carbocycles. The number of aromatic amines is 1. The van der Waals surface area contributed by atoms with E-state index < -0.39 is 17.8 Å². The highest BCUT2D eigenvalue weighted by molar-refractivity contribution is 6.09. The van der Waals surface area contributed by atoms with Crippen molar-refractivity contribution in [3.8, 4) is 11.3 Å². The van der Waals surface area contributed by atoms with Crippen molar-refractivity contribution in [2.24, 2.45) is 0 Å². The van der Waals surface area contributed by atoms with Crippen LogP contribution in [0.3, 0.4) is 0 Å². The van der Waals surface area contributed by atoms with Gasteiger partial charge in [0.1, 0.15) is 5.82 Å². The van der Waals surface area contributed by atoms with Gasteiger partial charge in [0.25, 0.3) is 5.91 Å². The number of hydrogen-bond acceptors (Lipinski definition) is 4. The Balaban J connectivity index is 1.75. The highest BCUT2D eigenvalue weighted by Crippen LogP contribution is 2.35. The number of carbonyl (C=O) groups is 2. The van der Waals surface area contributed by atoms with Gasteiger partial charge in [0.2, 0.25) is 0 Å². The first kappa shape index (κ1) is 18.9. The van der Waals surface area contributed by atoms with Gasteiger partial charge in [-0.1, -0.05) is 24.3 Å². The van der Waals surface area contributed by atoms with Crippen molar-refractivity contribution in [3.05, 3.63) is 58.9 Å². The zero-order chi connectivity index (χ0) is 20.7. The Kier molecular flexibility index (Phi) is 4.71. The Morgan fingerprint density at radius 2 is 2.03 bits per heavy atom. The van der Waals surface area contributed by atoms with Crippen LogP contribution in [0.2, 0.25) is 0 Å². The van der Waals surface area contributed by atoms with Gasteiger partial charge in [-0.3, -0.25) is 10.0 Å². The normalized spacial score (nSPS) is 13.5. The van der Waals surface area contributed by atoms with Crippen LogP contribution < -0.4 is 0 Å². The largest absolute Gasteiger partial charge is 0.453 e. The molecule has 2 amide bonds. The van der Waals surface area contributed by atoms with Gasteiger partial charge in [-0.15, -0.1) is 0 Å². The van der Waals surface area contributed by atoms with Crippen LogP contribution >= 0.6 is 0 Å². The van der Waals surface area contributed by atoms with Gasteiger partial charge < -0.3 is 14.6 Å². The molecule has 8 heteroatoms. The van der Waals surface area contributed by atoms with Crippen molar-refractivity contribution in [2.45, 2.75) is 13.0 Å². The standard InChI is InChI=1S/C21H20FN3O4/c1-24(21(27)29-2)11-12-3-5-13(6-4-12)19-15-7-8-25(28)20(26)16-9-14(22)10-17(23-19)18(15)16/h3-6,9-10,23,28H,7-8,11H2,1-2H3. The molecule has 1 aliphatic rings. The molecule has 7 nitrogen and oxygen atoms in total. The van der Waals surface area contributed by atoms with E-state index in [0.29, 0.717) is 28.9 Å². The summed E-state index contributed by atoms with van der Waals surface area (Å²) in [5, 5.41) is 11.2. The summed E-state index contributed by atoms with van der Waals surface area (Å²) in [5.74, 6) is -1.16. The predicted octanol–water partition coefficient (Wildman–Crippen LogP) is 3.56. The molecule has 0 radical (unpaired) electrons. The third-order valence-corrected chi connectivity index (χ3v) is 5.15. The minimum Gasteiger partial charge on any atom is -0.453 e. The summed E-state index contributed by atoms with van der Waals surface area (Å²) in [6.07, 6.45) is 0.0152. The summed E-state index contributed by atoms with van der Waals surface area (Å²) < 4.78 is 18.7. The fourth-order valence-corrected chi connectivity index (χ4v) is 3.76. The zero-order valence-corrected chi connectivity index (χ0v) is 16.0. The Morgan fingerprint density at radius 3 is 2.72 bits per heavy atom. The third-order valence-electron chi connectivity index (χ3n) is 5.15. The second kappa shape index (κ2) is 7.21. The quantitative estimate of drug-likeness (QED) is 0.662. The number of rotatable bonds is 3. The molecule has 0 fully saturated rings. The Morgan fingerprint density at radius 1 is 1.31 bits per heavy atom. The SMILES string of the molecule is COC(=O)N(C)Cc1ccc(-c2[nH]c3cc(F)cc4c3c2CCN(O)C4=O)cc1. The summed E-state index contributed by atoms with van der Waals surface area (Å²) in [7, 11) is 2.99. The summed E-state index contributed by atoms with van der Waals surface area (Å²) in [6, 6.07) is 10.1. The van der Waals surface area contributed by atoms with Crippen molar-refractivity contribution in [1.29, 1.82) is 0 Å². The average molecular weight is 397 g/mol. The number of hydrogen-bond donors (Lipinski definition) is 2. The fourth-order valence-electron chi connectivity index (χ4n) is 3.76. The number of benzene rings is 2.